The molecule has 0 atom stereocenters. The van der Waals surface area contributed by atoms with E-state index in [0.717, 1.165) is 5.57 Å². The van der Waals surface area contributed by atoms with Gasteiger partial charge in [0.2, 0.25) is 0 Å². The lowest BCUT2D eigenvalue weighted by Gasteiger charge is -2.32. The first-order chi connectivity index (χ1) is 10.9. The third-order valence-corrected chi connectivity index (χ3v) is 4.34. The molecule has 126 valence electrons. The van der Waals surface area contributed by atoms with Crippen molar-refractivity contribution in [3.05, 3.63) is 58.7 Å². The van der Waals surface area contributed by atoms with Gasteiger partial charge in [0, 0.05) is 0 Å². The number of rotatable bonds is 7. The first kappa shape index (κ1) is 19.2. The van der Waals surface area contributed by atoms with Crippen LogP contribution in [0.5, 0.6) is 0 Å². The van der Waals surface area contributed by atoms with Crippen LogP contribution < -0.4 is 0 Å². The molecule has 0 aromatic rings. The van der Waals surface area contributed by atoms with Gasteiger partial charge in [-0.3, -0.25) is 4.79 Å². The van der Waals surface area contributed by atoms with Gasteiger partial charge >= 0.3 is 0 Å². The van der Waals surface area contributed by atoms with E-state index in [2.05, 4.69) is 50.7 Å². The van der Waals surface area contributed by atoms with Crippen LogP contribution >= 0.6 is 0 Å². The Balaban J connectivity index is 2.69. The molecule has 0 fully saturated rings. The number of carbonyl (C=O) groups is 1. The summed E-state index contributed by atoms with van der Waals surface area (Å²) in [5, 5.41) is 0. The second-order valence-electron chi connectivity index (χ2n) is 6.91. The zero-order valence-corrected chi connectivity index (χ0v) is 15.2. The molecular weight excluding hydrogens is 284 g/mol. The predicted molar refractivity (Wildman–Crippen MR) is 98.1 cm³/mol. The molecule has 0 aliphatic heterocycles. The first-order valence-corrected chi connectivity index (χ1v) is 8.32. The lowest BCUT2D eigenvalue weighted by molar-refractivity contribution is -0.127. The van der Waals surface area contributed by atoms with Crippen molar-refractivity contribution in [3.63, 3.8) is 0 Å². The Labute approximate surface area is 141 Å². The van der Waals surface area contributed by atoms with Gasteiger partial charge in [-0.25, -0.2) is 0 Å². The van der Waals surface area contributed by atoms with Gasteiger partial charge in [0.25, 0.3) is 6.47 Å². The van der Waals surface area contributed by atoms with E-state index in [1.54, 1.807) is 0 Å². The third kappa shape index (κ3) is 6.85. The molecule has 0 bridgehead atoms. The second-order valence-corrected chi connectivity index (χ2v) is 6.91. The van der Waals surface area contributed by atoms with Crippen molar-refractivity contribution in [2.75, 3.05) is 6.61 Å². The summed E-state index contributed by atoms with van der Waals surface area (Å²) in [6.45, 7) is 11.8. The fourth-order valence-corrected chi connectivity index (χ4v) is 2.92. The Morgan fingerprint density at radius 1 is 1.22 bits per heavy atom. The van der Waals surface area contributed by atoms with E-state index in [0.29, 0.717) is 13.1 Å². The molecule has 2 nitrogen and oxygen atoms in total. The van der Waals surface area contributed by atoms with Crippen molar-refractivity contribution in [2.24, 2.45) is 5.41 Å². The molecule has 1 aliphatic rings. The van der Waals surface area contributed by atoms with E-state index in [-0.39, 0.29) is 5.41 Å². The minimum atomic E-state index is 0.285. The normalized spacial score (nSPS) is 19.7. The molecule has 0 aromatic carbocycles. The monoisotopic (exact) mass is 314 g/mol. The largest absolute Gasteiger partial charge is 0.464 e. The van der Waals surface area contributed by atoms with E-state index in [9.17, 15) is 4.79 Å². The highest BCUT2D eigenvalue weighted by molar-refractivity contribution is 5.38. The van der Waals surface area contributed by atoms with Gasteiger partial charge in [-0.15, -0.1) is 0 Å². The van der Waals surface area contributed by atoms with Crippen LogP contribution in [0, 0.1) is 5.41 Å². The van der Waals surface area contributed by atoms with E-state index < -0.39 is 0 Å². The molecule has 23 heavy (non-hydrogen) atoms. The molecule has 0 aromatic heterocycles. The van der Waals surface area contributed by atoms with Crippen LogP contribution in [0.15, 0.2) is 58.7 Å². The Morgan fingerprint density at radius 2 is 1.96 bits per heavy atom. The highest BCUT2D eigenvalue weighted by atomic mass is 16.5. The molecule has 0 heterocycles. The molecule has 2 heteroatoms. The van der Waals surface area contributed by atoms with Gasteiger partial charge in [-0.05, 0) is 57.1 Å². The smallest absolute Gasteiger partial charge is 0.293 e. The Kier molecular flexibility index (Phi) is 7.80. The topological polar surface area (TPSA) is 26.3 Å². The zero-order chi connectivity index (χ0) is 17.3. The fraction of sp³-hybridized carbons (Fsp3) is 0.476. The number of hydrogen-bond acceptors (Lipinski definition) is 2. The predicted octanol–water partition coefficient (Wildman–Crippen LogP) is 5.69. The number of carbonyl (C=O) groups excluding carboxylic acids is 1. The quantitative estimate of drug-likeness (QED) is 0.343. The number of hydrogen-bond donors (Lipinski definition) is 0. The molecule has 0 N–H and O–H groups in total. The van der Waals surface area contributed by atoms with Gasteiger partial charge in [0.05, 0.1) is 0 Å². The van der Waals surface area contributed by atoms with Crippen molar-refractivity contribution < 1.29 is 9.53 Å². The molecule has 1 rings (SSSR count). The van der Waals surface area contributed by atoms with Gasteiger partial charge in [-0.1, -0.05) is 60.9 Å². The molecule has 0 amide bonds. The van der Waals surface area contributed by atoms with Crippen LogP contribution in [-0.4, -0.2) is 13.1 Å². The molecule has 0 saturated heterocycles. The molecule has 0 saturated carbocycles. The van der Waals surface area contributed by atoms with Gasteiger partial charge in [-0.2, -0.15) is 0 Å². The van der Waals surface area contributed by atoms with Crippen molar-refractivity contribution in [1.29, 1.82) is 0 Å². The maximum Gasteiger partial charge on any atom is 0.293 e. The summed E-state index contributed by atoms with van der Waals surface area (Å²) in [5.74, 6) is 0. The van der Waals surface area contributed by atoms with E-state index >= 15 is 0 Å². The second kappa shape index (κ2) is 9.34. The molecule has 0 radical (unpaired) electrons. The lowest BCUT2D eigenvalue weighted by Crippen LogP contribution is -2.19. The van der Waals surface area contributed by atoms with Crippen molar-refractivity contribution >= 4 is 6.47 Å². The Bertz CT molecular complexity index is 554. The van der Waals surface area contributed by atoms with Crippen LogP contribution in [-0.2, 0) is 9.53 Å². The zero-order valence-electron chi connectivity index (χ0n) is 15.2. The van der Waals surface area contributed by atoms with Crippen LogP contribution in [0.2, 0.25) is 0 Å². The van der Waals surface area contributed by atoms with E-state index in [1.165, 1.54) is 36.0 Å². The van der Waals surface area contributed by atoms with Gasteiger partial charge in [0.15, 0.2) is 0 Å². The molecule has 0 unspecified atom stereocenters. The van der Waals surface area contributed by atoms with E-state index in [1.807, 2.05) is 25.2 Å². The summed E-state index contributed by atoms with van der Waals surface area (Å²) in [4.78, 5) is 10.1. The Morgan fingerprint density at radius 3 is 2.61 bits per heavy atom. The summed E-state index contributed by atoms with van der Waals surface area (Å²) >= 11 is 0. The average Bonchev–Trinajstić information content (AvgIpc) is 2.46. The highest BCUT2D eigenvalue weighted by Crippen LogP contribution is 2.40. The minimum Gasteiger partial charge on any atom is -0.464 e. The maximum absolute atomic E-state index is 10.1. The van der Waals surface area contributed by atoms with Gasteiger partial charge in [0.1, 0.15) is 6.61 Å². The third-order valence-electron chi connectivity index (χ3n) is 4.34. The number of ether oxygens (including phenoxy) is 1. The molecule has 1 aliphatic carbocycles. The summed E-state index contributed by atoms with van der Waals surface area (Å²) in [6.07, 6.45) is 16.3. The minimum absolute atomic E-state index is 0.285. The van der Waals surface area contributed by atoms with Crippen molar-refractivity contribution in [1.82, 2.24) is 0 Å². The van der Waals surface area contributed by atoms with Crippen LogP contribution in [0.25, 0.3) is 0 Å². The number of allylic oxidation sites excluding steroid dienone is 9. The summed E-state index contributed by atoms with van der Waals surface area (Å²) in [5.41, 5.74) is 5.59. The maximum atomic E-state index is 10.1. The van der Waals surface area contributed by atoms with Crippen LogP contribution in [0.4, 0.5) is 0 Å². The standard InChI is InChI=1S/C21H30O2/c1-17(8-6-9-18(2)13-15-23-16-22)11-12-20-19(3)10-7-14-21(20,4)5/h6,8-9,11-13,16H,7,10,14-15H2,1-5H3/b9-6-,12-11?,17-8?,18-13?. The average molecular weight is 314 g/mol. The summed E-state index contributed by atoms with van der Waals surface area (Å²) in [6, 6.07) is 0. The molecule has 0 spiro atoms. The SMILES string of the molecule is CC(C=CC1=C(C)CCCC1(C)C)=C/C=C\C(C)=CCOC=O. The summed E-state index contributed by atoms with van der Waals surface area (Å²) < 4.78 is 4.64. The van der Waals surface area contributed by atoms with Gasteiger partial charge < -0.3 is 4.74 Å². The lowest BCUT2D eigenvalue weighted by atomic mass is 9.72. The van der Waals surface area contributed by atoms with E-state index in [4.69, 9.17) is 0 Å². The Hall–Kier alpha value is -1.83. The highest BCUT2D eigenvalue weighted by Gasteiger charge is 2.26. The fourth-order valence-electron chi connectivity index (χ4n) is 2.92. The van der Waals surface area contributed by atoms with Crippen molar-refractivity contribution in [3.8, 4) is 0 Å². The first-order valence-electron chi connectivity index (χ1n) is 8.32. The molecular formula is C21H30O2. The van der Waals surface area contributed by atoms with Crippen LogP contribution in [0.3, 0.4) is 0 Å². The van der Waals surface area contributed by atoms with Crippen molar-refractivity contribution in [2.45, 2.75) is 53.9 Å². The summed E-state index contributed by atoms with van der Waals surface area (Å²) in [7, 11) is 0. The van der Waals surface area contributed by atoms with Crippen LogP contribution in [0.1, 0.15) is 53.9 Å².